The molecule has 1 saturated carbocycles. The van der Waals surface area contributed by atoms with Crippen molar-refractivity contribution in [1.82, 2.24) is 10.2 Å². The molecule has 0 bridgehead atoms. The molecule has 23 heavy (non-hydrogen) atoms. The van der Waals surface area contributed by atoms with E-state index in [4.69, 9.17) is 14.9 Å². The van der Waals surface area contributed by atoms with Gasteiger partial charge >= 0.3 is 6.36 Å². The van der Waals surface area contributed by atoms with Crippen molar-refractivity contribution in [2.24, 2.45) is 5.73 Å². The second-order valence-electron chi connectivity index (χ2n) is 5.73. The van der Waals surface area contributed by atoms with Gasteiger partial charge < -0.3 is 14.9 Å². The molecule has 6 nitrogen and oxygen atoms in total. The summed E-state index contributed by atoms with van der Waals surface area (Å²) < 4.78 is 79.1. The van der Waals surface area contributed by atoms with Gasteiger partial charge in [0.15, 0.2) is 5.60 Å². The Morgan fingerprint density at radius 1 is 1.22 bits per heavy atom. The van der Waals surface area contributed by atoms with Gasteiger partial charge in [0.2, 0.25) is 11.8 Å². The topological polar surface area (TPSA) is 83.4 Å². The average molecular weight is 343 g/mol. The fraction of sp³-hybridized carbons (Fsp3) is 0.833. The number of nitrogens with zero attached hydrogens (tertiary/aromatic N) is 2. The maximum absolute atomic E-state index is 13.6. The lowest BCUT2D eigenvalue weighted by Gasteiger charge is -2.38. The van der Waals surface area contributed by atoms with Gasteiger partial charge in [0.05, 0.1) is 12.6 Å². The van der Waals surface area contributed by atoms with Gasteiger partial charge in [-0.2, -0.15) is 0 Å². The molecular weight excluding hydrogens is 329 g/mol. The maximum Gasteiger partial charge on any atom is 0.523 e. The summed E-state index contributed by atoms with van der Waals surface area (Å²) >= 11 is 0. The van der Waals surface area contributed by atoms with Crippen LogP contribution in [-0.4, -0.2) is 35.1 Å². The van der Waals surface area contributed by atoms with Gasteiger partial charge in [0.25, 0.3) is 5.92 Å². The predicted molar refractivity (Wildman–Crippen MR) is 63.2 cm³/mol. The second kappa shape index (κ2) is 5.35. The summed E-state index contributed by atoms with van der Waals surface area (Å²) in [6.07, 6.45) is -6.24. The first-order valence-electron chi connectivity index (χ1n) is 6.97. The van der Waals surface area contributed by atoms with E-state index < -0.39 is 43.1 Å². The number of ether oxygens (including phenoxy) is 2. The van der Waals surface area contributed by atoms with Gasteiger partial charge in [0.1, 0.15) is 6.10 Å². The van der Waals surface area contributed by atoms with Crippen LogP contribution in [0.1, 0.15) is 43.6 Å². The highest BCUT2D eigenvalue weighted by atomic mass is 19.4. The monoisotopic (exact) mass is 343 g/mol. The van der Waals surface area contributed by atoms with E-state index in [2.05, 4.69) is 14.9 Å². The van der Waals surface area contributed by atoms with Crippen molar-refractivity contribution < 1.29 is 35.8 Å². The number of aromatic nitrogens is 2. The minimum absolute atomic E-state index is 0.0563. The Hall–Kier alpha value is -1.33. The molecular formula is C12H14F5N3O3. The van der Waals surface area contributed by atoms with Gasteiger partial charge in [-0.15, -0.1) is 23.4 Å². The molecule has 0 radical (unpaired) electrons. The zero-order chi connectivity index (χ0) is 16.9. The maximum atomic E-state index is 13.6. The van der Waals surface area contributed by atoms with Crippen LogP contribution in [0.3, 0.4) is 0 Å². The Morgan fingerprint density at radius 3 is 2.43 bits per heavy atom. The first kappa shape index (κ1) is 16.5. The smallest absolute Gasteiger partial charge is 0.419 e. The average Bonchev–Trinajstić information content (AvgIpc) is 2.86. The summed E-state index contributed by atoms with van der Waals surface area (Å²) in [6, 6.07) is -1.45. The van der Waals surface area contributed by atoms with Crippen LogP contribution in [-0.2, 0) is 15.1 Å². The highest BCUT2D eigenvalue weighted by molar-refractivity contribution is 5.05. The van der Waals surface area contributed by atoms with E-state index in [9.17, 15) is 22.0 Å². The Kier molecular flexibility index (Phi) is 3.84. The third-order valence-corrected chi connectivity index (χ3v) is 4.06. The van der Waals surface area contributed by atoms with Crippen LogP contribution in [0.25, 0.3) is 0 Å². The Morgan fingerprint density at radius 2 is 1.91 bits per heavy atom. The highest BCUT2D eigenvalue weighted by Gasteiger charge is 2.53. The van der Waals surface area contributed by atoms with E-state index in [1.807, 2.05) is 0 Å². The molecule has 1 aliphatic heterocycles. The van der Waals surface area contributed by atoms with Crippen molar-refractivity contribution >= 4 is 0 Å². The van der Waals surface area contributed by atoms with E-state index in [0.29, 0.717) is 6.42 Å². The fourth-order valence-corrected chi connectivity index (χ4v) is 2.59. The van der Waals surface area contributed by atoms with Crippen LogP contribution in [0.2, 0.25) is 0 Å². The van der Waals surface area contributed by atoms with Gasteiger partial charge in [-0.1, -0.05) is 0 Å². The van der Waals surface area contributed by atoms with Crippen molar-refractivity contribution in [3.8, 4) is 0 Å². The van der Waals surface area contributed by atoms with Crippen LogP contribution >= 0.6 is 0 Å². The zero-order valence-electron chi connectivity index (χ0n) is 11.8. The number of hydrogen-bond acceptors (Lipinski definition) is 6. The number of halogens is 5. The molecule has 0 amide bonds. The largest absolute Gasteiger partial charge is 0.523 e. The van der Waals surface area contributed by atoms with Gasteiger partial charge in [-0.25, -0.2) is 8.78 Å². The molecule has 130 valence electrons. The quantitative estimate of drug-likeness (QED) is 0.849. The molecule has 1 aromatic heterocycles. The van der Waals surface area contributed by atoms with Crippen LogP contribution in [0.4, 0.5) is 22.0 Å². The molecule has 2 aliphatic rings. The molecule has 2 N–H and O–H groups in total. The Balaban J connectivity index is 1.78. The highest BCUT2D eigenvalue weighted by Crippen LogP contribution is 2.48. The molecule has 0 aromatic carbocycles. The molecule has 1 aliphatic carbocycles. The molecule has 2 heterocycles. The summed E-state index contributed by atoms with van der Waals surface area (Å²) in [5.41, 5.74) is 3.50. The zero-order valence-corrected chi connectivity index (χ0v) is 11.8. The van der Waals surface area contributed by atoms with Crippen molar-refractivity contribution in [3.63, 3.8) is 0 Å². The molecule has 11 heteroatoms. The lowest BCUT2D eigenvalue weighted by Crippen LogP contribution is -2.49. The van der Waals surface area contributed by atoms with E-state index in [1.54, 1.807) is 0 Å². The van der Waals surface area contributed by atoms with E-state index >= 15 is 0 Å². The molecule has 0 unspecified atom stereocenters. The first-order chi connectivity index (χ1) is 10.6. The third-order valence-electron chi connectivity index (χ3n) is 4.06. The fourth-order valence-electron chi connectivity index (χ4n) is 2.59. The van der Waals surface area contributed by atoms with Gasteiger partial charge in [-0.3, -0.25) is 4.74 Å². The minimum atomic E-state index is -4.86. The predicted octanol–water partition coefficient (Wildman–Crippen LogP) is 2.41. The second-order valence-corrected chi connectivity index (χ2v) is 5.73. The normalized spacial score (nSPS) is 30.0. The van der Waals surface area contributed by atoms with Gasteiger partial charge in [0, 0.05) is 6.42 Å². The van der Waals surface area contributed by atoms with Crippen LogP contribution in [0.5, 0.6) is 0 Å². The molecule has 1 aromatic rings. The number of nitrogens with two attached hydrogens (primary N) is 1. The molecule has 3 rings (SSSR count). The number of hydrogen-bond donors (Lipinski definition) is 1. The summed E-state index contributed by atoms with van der Waals surface area (Å²) in [5.74, 6) is -3.87. The van der Waals surface area contributed by atoms with Gasteiger partial charge in [-0.05, 0) is 19.3 Å². The van der Waals surface area contributed by atoms with Crippen molar-refractivity contribution in [2.75, 3.05) is 6.61 Å². The number of rotatable bonds is 3. The molecule has 2 atom stereocenters. The standard InChI is InChI=1S/C12H14F5N3O3/c13-11(14)4-6(21-5-7(11)18)8-19-20-9(22-8)10(2-1-3-10)23-12(15,16)17/h6-7H,1-5,18H2/t6-,7-/m0/s1. The first-order valence-corrected chi connectivity index (χ1v) is 6.97. The van der Waals surface area contributed by atoms with Crippen molar-refractivity contribution in [1.29, 1.82) is 0 Å². The van der Waals surface area contributed by atoms with E-state index in [-0.39, 0.29) is 24.6 Å². The molecule has 1 saturated heterocycles. The van der Waals surface area contributed by atoms with Crippen LogP contribution < -0.4 is 5.73 Å². The van der Waals surface area contributed by atoms with E-state index in [1.165, 1.54) is 0 Å². The molecule has 0 spiro atoms. The SMILES string of the molecule is N[C@H]1CO[C@H](c2nnc(C3(OC(F)(F)F)CCC3)o2)CC1(F)F. The lowest BCUT2D eigenvalue weighted by atomic mass is 9.80. The summed E-state index contributed by atoms with van der Waals surface area (Å²) in [4.78, 5) is 0. The minimum Gasteiger partial charge on any atom is -0.419 e. The van der Waals surface area contributed by atoms with Crippen LogP contribution in [0, 0.1) is 0 Å². The summed E-state index contributed by atoms with van der Waals surface area (Å²) in [5, 5.41) is 7.08. The molecule has 2 fully saturated rings. The number of alkyl halides is 5. The van der Waals surface area contributed by atoms with Crippen molar-refractivity contribution in [2.45, 2.75) is 55.7 Å². The lowest BCUT2D eigenvalue weighted by molar-refractivity contribution is -0.387. The van der Waals surface area contributed by atoms with E-state index in [0.717, 1.165) is 0 Å². The Labute approximate surface area is 127 Å². The third kappa shape index (κ3) is 3.17. The van der Waals surface area contributed by atoms with Crippen molar-refractivity contribution in [3.05, 3.63) is 11.8 Å². The summed E-state index contributed by atoms with van der Waals surface area (Å²) in [6.45, 7) is -0.417. The Bertz CT molecular complexity index is 573. The van der Waals surface area contributed by atoms with Crippen LogP contribution in [0.15, 0.2) is 4.42 Å². The summed E-state index contributed by atoms with van der Waals surface area (Å²) in [7, 11) is 0.